The highest BCUT2D eigenvalue weighted by molar-refractivity contribution is 7.99. The molecule has 0 saturated heterocycles. The molecule has 0 aliphatic rings. The second kappa shape index (κ2) is 6.30. The highest BCUT2D eigenvalue weighted by Gasteiger charge is 2.14. The maximum Gasteiger partial charge on any atom is 0.175 e. The monoisotopic (exact) mass is 327 g/mol. The molecule has 0 bridgehead atoms. The van der Waals surface area contributed by atoms with Crippen LogP contribution in [0, 0.1) is 6.92 Å². The maximum atomic E-state index is 11.4. The first kappa shape index (κ1) is 15.6. The summed E-state index contributed by atoms with van der Waals surface area (Å²) in [5.74, 6) is 0. The molecule has 1 atom stereocenters. The predicted molar refractivity (Wildman–Crippen MR) is 86.3 cm³/mol. The van der Waals surface area contributed by atoms with Crippen molar-refractivity contribution in [3.8, 4) is 0 Å². The molecule has 6 heteroatoms. The molecule has 1 heterocycles. The topological polar surface area (TPSA) is 60.2 Å². The predicted octanol–water partition coefficient (Wildman–Crippen LogP) is 3.25. The fraction of sp³-hybridized carbons (Fsp3) is 0.286. The van der Waals surface area contributed by atoms with Crippen molar-refractivity contribution in [3.63, 3.8) is 0 Å². The lowest BCUT2D eigenvalue weighted by atomic mass is 10.3. The van der Waals surface area contributed by atoms with Gasteiger partial charge in [-0.25, -0.2) is 8.42 Å². The van der Waals surface area contributed by atoms with Crippen LogP contribution in [0.5, 0.6) is 0 Å². The van der Waals surface area contributed by atoms with E-state index in [4.69, 9.17) is 5.73 Å². The number of hydrogen-bond acceptors (Lipinski definition) is 5. The minimum Gasteiger partial charge on any atom is -0.329 e. The molecule has 1 unspecified atom stereocenters. The standard InChI is InChI=1S/C14H17NO2S3/c1-10-3-8-13(18-10)14(9-15)19-11-4-6-12(7-5-11)20(2,16)17/h3-8,14H,9,15H2,1-2H3. The number of rotatable bonds is 5. The second-order valence-electron chi connectivity index (χ2n) is 4.53. The van der Waals surface area contributed by atoms with E-state index in [1.165, 1.54) is 16.0 Å². The largest absolute Gasteiger partial charge is 0.329 e. The van der Waals surface area contributed by atoms with Crippen molar-refractivity contribution < 1.29 is 8.42 Å². The summed E-state index contributed by atoms with van der Waals surface area (Å²) in [6.07, 6.45) is 1.21. The summed E-state index contributed by atoms with van der Waals surface area (Å²) in [6, 6.07) is 11.2. The number of hydrogen-bond donors (Lipinski definition) is 1. The van der Waals surface area contributed by atoms with Crippen molar-refractivity contribution in [1.29, 1.82) is 0 Å². The van der Waals surface area contributed by atoms with Crippen molar-refractivity contribution in [2.45, 2.75) is 22.0 Å². The SMILES string of the molecule is Cc1ccc(C(CN)Sc2ccc(S(C)(=O)=O)cc2)s1. The van der Waals surface area contributed by atoms with Crippen molar-refractivity contribution in [2.75, 3.05) is 12.8 Å². The molecule has 108 valence electrons. The minimum absolute atomic E-state index is 0.206. The van der Waals surface area contributed by atoms with Crippen LogP contribution in [0.1, 0.15) is 15.0 Å². The van der Waals surface area contributed by atoms with Crippen LogP contribution in [0.25, 0.3) is 0 Å². The molecule has 2 N–H and O–H groups in total. The fourth-order valence-electron chi connectivity index (χ4n) is 1.78. The number of nitrogens with two attached hydrogens (primary N) is 1. The summed E-state index contributed by atoms with van der Waals surface area (Å²) >= 11 is 3.42. The second-order valence-corrected chi connectivity index (χ2v) is 9.15. The molecule has 20 heavy (non-hydrogen) atoms. The van der Waals surface area contributed by atoms with Gasteiger partial charge >= 0.3 is 0 Å². The van der Waals surface area contributed by atoms with Crippen LogP contribution in [0.4, 0.5) is 0 Å². The highest BCUT2D eigenvalue weighted by Crippen LogP contribution is 2.37. The van der Waals surface area contributed by atoms with E-state index in [0.29, 0.717) is 11.4 Å². The third-order valence-electron chi connectivity index (χ3n) is 2.82. The zero-order valence-electron chi connectivity index (χ0n) is 11.4. The van der Waals surface area contributed by atoms with E-state index in [1.54, 1.807) is 35.2 Å². The molecule has 0 fully saturated rings. The Hall–Kier alpha value is -0.820. The Morgan fingerprint density at radius 3 is 2.30 bits per heavy atom. The van der Waals surface area contributed by atoms with Crippen LogP contribution in [0.15, 0.2) is 46.2 Å². The fourth-order valence-corrected chi connectivity index (χ4v) is 4.48. The van der Waals surface area contributed by atoms with E-state index in [-0.39, 0.29) is 5.25 Å². The summed E-state index contributed by atoms with van der Waals surface area (Å²) in [6.45, 7) is 2.63. The zero-order chi connectivity index (χ0) is 14.8. The Morgan fingerprint density at radius 2 is 1.85 bits per heavy atom. The first-order valence-corrected chi connectivity index (χ1v) is 9.72. The van der Waals surface area contributed by atoms with E-state index >= 15 is 0 Å². The Balaban J connectivity index is 2.16. The van der Waals surface area contributed by atoms with Gasteiger partial charge in [0.05, 0.1) is 10.1 Å². The molecule has 0 spiro atoms. The van der Waals surface area contributed by atoms with E-state index < -0.39 is 9.84 Å². The first-order valence-electron chi connectivity index (χ1n) is 6.13. The van der Waals surface area contributed by atoms with Crippen LogP contribution in [0.3, 0.4) is 0 Å². The van der Waals surface area contributed by atoms with Crippen LogP contribution < -0.4 is 5.73 Å². The van der Waals surface area contributed by atoms with Gasteiger partial charge in [-0.1, -0.05) is 0 Å². The van der Waals surface area contributed by atoms with E-state index in [9.17, 15) is 8.42 Å². The normalized spacial score (nSPS) is 13.3. The molecule has 0 aliphatic carbocycles. The Kier molecular flexibility index (Phi) is 4.90. The van der Waals surface area contributed by atoms with Crippen LogP contribution in [0.2, 0.25) is 0 Å². The van der Waals surface area contributed by atoms with Crippen LogP contribution in [-0.2, 0) is 9.84 Å². The van der Waals surface area contributed by atoms with Gasteiger partial charge in [0.15, 0.2) is 9.84 Å². The van der Waals surface area contributed by atoms with Crippen molar-refractivity contribution >= 4 is 32.9 Å². The van der Waals surface area contributed by atoms with Crippen molar-refractivity contribution in [1.82, 2.24) is 0 Å². The summed E-state index contributed by atoms with van der Waals surface area (Å²) in [5.41, 5.74) is 5.85. The summed E-state index contributed by atoms with van der Waals surface area (Å²) in [7, 11) is -3.13. The number of thiophene rings is 1. The minimum atomic E-state index is -3.13. The average molecular weight is 327 g/mol. The summed E-state index contributed by atoms with van der Waals surface area (Å²) < 4.78 is 22.8. The first-order chi connectivity index (χ1) is 9.40. The summed E-state index contributed by atoms with van der Waals surface area (Å²) in [5, 5.41) is 0.206. The molecule has 2 rings (SSSR count). The van der Waals surface area contributed by atoms with E-state index in [1.807, 2.05) is 12.1 Å². The van der Waals surface area contributed by atoms with Gasteiger partial charge in [0.2, 0.25) is 0 Å². The van der Waals surface area contributed by atoms with Crippen molar-refractivity contribution in [2.24, 2.45) is 5.73 Å². The molecule has 0 saturated carbocycles. The molecule has 1 aromatic heterocycles. The molecular weight excluding hydrogens is 310 g/mol. The van der Waals surface area contributed by atoms with Gasteiger partial charge in [-0.3, -0.25) is 0 Å². The quantitative estimate of drug-likeness (QED) is 0.856. The number of benzene rings is 1. The molecule has 0 aliphatic heterocycles. The van der Waals surface area contributed by atoms with E-state index in [0.717, 1.165) is 4.90 Å². The van der Waals surface area contributed by atoms with Gasteiger partial charge < -0.3 is 5.73 Å². The Labute approximate surface area is 128 Å². The lowest BCUT2D eigenvalue weighted by Gasteiger charge is -2.12. The third-order valence-corrected chi connectivity index (χ3v) is 6.49. The number of sulfone groups is 1. The maximum absolute atomic E-state index is 11.4. The lowest BCUT2D eigenvalue weighted by Crippen LogP contribution is -2.07. The van der Waals surface area contributed by atoms with Crippen molar-refractivity contribution in [3.05, 3.63) is 46.2 Å². The van der Waals surface area contributed by atoms with Gasteiger partial charge in [0, 0.05) is 27.5 Å². The van der Waals surface area contributed by atoms with Gasteiger partial charge in [-0.15, -0.1) is 23.1 Å². The molecule has 3 nitrogen and oxygen atoms in total. The molecule has 0 amide bonds. The smallest absolute Gasteiger partial charge is 0.175 e. The van der Waals surface area contributed by atoms with Crippen LogP contribution in [-0.4, -0.2) is 21.2 Å². The average Bonchev–Trinajstić information content (AvgIpc) is 2.82. The number of aryl methyl sites for hydroxylation is 1. The third kappa shape index (κ3) is 3.85. The molecule has 1 aromatic carbocycles. The Morgan fingerprint density at radius 1 is 1.20 bits per heavy atom. The highest BCUT2D eigenvalue weighted by atomic mass is 32.2. The summed E-state index contributed by atoms with van der Waals surface area (Å²) in [4.78, 5) is 3.89. The van der Waals surface area contributed by atoms with E-state index in [2.05, 4.69) is 19.1 Å². The van der Waals surface area contributed by atoms with Crippen LogP contribution >= 0.6 is 23.1 Å². The van der Waals surface area contributed by atoms with Gasteiger partial charge in [-0.05, 0) is 43.3 Å². The lowest BCUT2D eigenvalue weighted by molar-refractivity contribution is 0.602. The zero-order valence-corrected chi connectivity index (χ0v) is 13.8. The Bertz CT molecular complexity index is 675. The molecule has 2 aromatic rings. The van der Waals surface area contributed by atoms with Gasteiger partial charge in [0.1, 0.15) is 0 Å². The number of thioether (sulfide) groups is 1. The van der Waals surface area contributed by atoms with Gasteiger partial charge in [-0.2, -0.15) is 0 Å². The molecule has 0 radical (unpaired) electrons. The molecular formula is C14H17NO2S3. The van der Waals surface area contributed by atoms with Gasteiger partial charge in [0.25, 0.3) is 0 Å².